The molecule has 1 aromatic carbocycles. The van der Waals surface area contributed by atoms with Crippen LogP contribution < -0.4 is 5.73 Å². The zero-order valence-electron chi connectivity index (χ0n) is 10.7. The van der Waals surface area contributed by atoms with Crippen LogP contribution in [0.2, 0.25) is 0 Å². The van der Waals surface area contributed by atoms with Crippen molar-refractivity contribution >= 4 is 23.6 Å². The van der Waals surface area contributed by atoms with E-state index in [-0.39, 0.29) is 5.91 Å². The minimum atomic E-state index is -0.443. The van der Waals surface area contributed by atoms with Gasteiger partial charge in [0, 0.05) is 24.5 Å². The van der Waals surface area contributed by atoms with E-state index in [9.17, 15) is 9.59 Å². The standard InChI is InChI=1S/C14H18N2O2S/c15-14(18)12-10-19-9-8-16(12)13(17)7-6-11-4-2-1-3-5-11/h1-5,12H,6-10H2,(H2,15,18). The maximum atomic E-state index is 12.2. The number of aryl methyl sites for hydroxylation is 1. The highest BCUT2D eigenvalue weighted by Crippen LogP contribution is 2.18. The summed E-state index contributed by atoms with van der Waals surface area (Å²) in [6, 6.07) is 9.45. The van der Waals surface area contributed by atoms with Crippen LogP contribution in [0.4, 0.5) is 0 Å². The Morgan fingerprint density at radius 1 is 1.32 bits per heavy atom. The quantitative estimate of drug-likeness (QED) is 0.895. The van der Waals surface area contributed by atoms with Crippen molar-refractivity contribution in [2.75, 3.05) is 18.1 Å². The van der Waals surface area contributed by atoms with Gasteiger partial charge in [0.1, 0.15) is 6.04 Å². The first kappa shape index (κ1) is 13.9. The van der Waals surface area contributed by atoms with Crippen molar-refractivity contribution in [3.63, 3.8) is 0 Å². The van der Waals surface area contributed by atoms with Crippen LogP contribution in [0.5, 0.6) is 0 Å². The van der Waals surface area contributed by atoms with Crippen molar-refractivity contribution in [2.45, 2.75) is 18.9 Å². The molecule has 2 N–H and O–H groups in total. The van der Waals surface area contributed by atoms with Gasteiger partial charge in [0.25, 0.3) is 0 Å². The second-order valence-electron chi connectivity index (χ2n) is 4.57. The molecule has 0 radical (unpaired) electrons. The van der Waals surface area contributed by atoms with Gasteiger partial charge in [-0.25, -0.2) is 0 Å². The van der Waals surface area contributed by atoms with E-state index in [0.29, 0.717) is 25.1 Å². The number of hydrogen-bond donors (Lipinski definition) is 1. The number of carbonyl (C=O) groups is 2. The van der Waals surface area contributed by atoms with Crippen LogP contribution in [0.15, 0.2) is 30.3 Å². The van der Waals surface area contributed by atoms with E-state index in [1.54, 1.807) is 16.7 Å². The first-order chi connectivity index (χ1) is 9.18. The second kappa shape index (κ2) is 6.61. The van der Waals surface area contributed by atoms with E-state index in [1.165, 1.54) is 0 Å². The summed E-state index contributed by atoms with van der Waals surface area (Å²) in [5.74, 6) is 1.11. The summed E-state index contributed by atoms with van der Waals surface area (Å²) in [6.45, 7) is 0.617. The Bertz CT molecular complexity index is 450. The van der Waals surface area contributed by atoms with Crippen LogP contribution in [0.1, 0.15) is 12.0 Å². The molecular formula is C14H18N2O2S. The highest BCUT2D eigenvalue weighted by Gasteiger charge is 2.30. The number of amides is 2. The average Bonchev–Trinajstić information content (AvgIpc) is 2.46. The molecule has 0 aliphatic carbocycles. The number of thioether (sulfide) groups is 1. The smallest absolute Gasteiger partial charge is 0.241 e. The van der Waals surface area contributed by atoms with Crippen LogP contribution in [0, 0.1) is 0 Å². The molecule has 4 nitrogen and oxygen atoms in total. The number of carbonyl (C=O) groups excluding carboxylic acids is 2. The molecule has 0 bridgehead atoms. The normalized spacial score (nSPS) is 19.2. The van der Waals surface area contributed by atoms with E-state index >= 15 is 0 Å². The van der Waals surface area contributed by atoms with Gasteiger partial charge in [0.2, 0.25) is 11.8 Å². The molecule has 1 aromatic rings. The summed E-state index contributed by atoms with van der Waals surface area (Å²) in [5.41, 5.74) is 6.49. The number of nitrogens with two attached hydrogens (primary N) is 1. The van der Waals surface area contributed by atoms with E-state index in [1.807, 2.05) is 30.3 Å². The summed E-state index contributed by atoms with van der Waals surface area (Å²) < 4.78 is 0. The van der Waals surface area contributed by atoms with Crippen LogP contribution in [-0.2, 0) is 16.0 Å². The SMILES string of the molecule is NC(=O)C1CSCCN1C(=O)CCc1ccccc1. The van der Waals surface area contributed by atoms with Crippen LogP contribution in [0.3, 0.4) is 0 Å². The van der Waals surface area contributed by atoms with Crippen molar-refractivity contribution in [2.24, 2.45) is 5.73 Å². The lowest BCUT2D eigenvalue weighted by Gasteiger charge is -2.33. The predicted octanol–water partition coefficient (Wildman–Crippen LogP) is 1.05. The third kappa shape index (κ3) is 3.73. The fourth-order valence-corrected chi connectivity index (χ4v) is 3.24. The Morgan fingerprint density at radius 3 is 2.74 bits per heavy atom. The van der Waals surface area contributed by atoms with Gasteiger partial charge in [-0.2, -0.15) is 11.8 Å². The van der Waals surface area contributed by atoms with E-state index in [2.05, 4.69) is 0 Å². The minimum Gasteiger partial charge on any atom is -0.368 e. The van der Waals surface area contributed by atoms with Crippen LogP contribution in [0.25, 0.3) is 0 Å². The summed E-state index contributed by atoms with van der Waals surface area (Å²) >= 11 is 1.67. The molecule has 0 saturated carbocycles. The van der Waals surface area contributed by atoms with Gasteiger partial charge in [-0.15, -0.1) is 0 Å². The van der Waals surface area contributed by atoms with Crippen molar-refractivity contribution < 1.29 is 9.59 Å². The van der Waals surface area contributed by atoms with Gasteiger partial charge in [0.15, 0.2) is 0 Å². The van der Waals surface area contributed by atoms with E-state index < -0.39 is 11.9 Å². The molecule has 2 rings (SSSR count). The van der Waals surface area contributed by atoms with E-state index in [4.69, 9.17) is 5.73 Å². The van der Waals surface area contributed by atoms with Crippen molar-refractivity contribution in [1.82, 2.24) is 4.90 Å². The lowest BCUT2D eigenvalue weighted by Crippen LogP contribution is -2.52. The molecule has 102 valence electrons. The van der Waals surface area contributed by atoms with Crippen molar-refractivity contribution in [1.29, 1.82) is 0 Å². The molecule has 0 spiro atoms. The lowest BCUT2D eigenvalue weighted by atomic mass is 10.1. The van der Waals surface area contributed by atoms with Crippen molar-refractivity contribution in [3.05, 3.63) is 35.9 Å². The molecule has 1 unspecified atom stereocenters. The number of nitrogens with zero attached hydrogens (tertiary/aromatic N) is 1. The number of hydrogen-bond acceptors (Lipinski definition) is 3. The fraction of sp³-hybridized carbons (Fsp3) is 0.429. The molecule has 1 heterocycles. The number of benzene rings is 1. The van der Waals surface area contributed by atoms with Gasteiger partial charge in [0.05, 0.1) is 0 Å². The molecule has 19 heavy (non-hydrogen) atoms. The topological polar surface area (TPSA) is 63.4 Å². The maximum Gasteiger partial charge on any atom is 0.241 e. The largest absolute Gasteiger partial charge is 0.368 e. The van der Waals surface area contributed by atoms with Crippen LogP contribution in [-0.4, -0.2) is 40.8 Å². The summed E-state index contributed by atoms with van der Waals surface area (Å²) in [7, 11) is 0. The Morgan fingerprint density at radius 2 is 2.05 bits per heavy atom. The first-order valence-corrected chi connectivity index (χ1v) is 7.54. The third-order valence-electron chi connectivity index (χ3n) is 3.25. The van der Waals surface area contributed by atoms with Crippen molar-refractivity contribution in [3.8, 4) is 0 Å². The number of primary amides is 1. The average molecular weight is 278 g/mol. The molecule has 2 amide bonds. The molecule has 1 fully saturated rings. The zero-order valence-corrected chi connectivity index (χ0v) is 11.6. The molecular weight excluding hydrogens is 260 g/mol. The monoisotopic (exact) mass is 278 g/mol. The number of rotatable bonds is 4. The molecule has 1 aliphatic rings. The molecule has 1 aliphatic heterocycles. The highest BCUT2D eigenvalue weighted by molar-refractivity contribution is 7.99. The predicted molar refractivity (Wildman–Crippen MR) is 76.8 cm³/mol. The summed E-state index contributed by atoms with van der Waals surface area (Å²) in [6.07, 6.45) is 1.13. The van der Waals surface area contributed by atoms with Gasteiger partial charge in [-0.1, -0.05) is 30.3 Å². The zero-order chi connectivity index (χ0) is 13.7. The fourth-order valence-electron chi connectivity index (χ4n) is 2.18. The molecule has 1 saturated heterocycles. The van der Waals surface area contributed by atoms with E-state index in [0.717, 1.165) is 11.3 Å². The first-order valence-electron chi connectivity index (χ1n) is 6.39. The van der Waals surface area contributed by atoms with Gasteiger partial charge in [-0.3, -0.25) is 9.59 Å². The summed E-state index contributed by atoms with van der Waals surface area (Å²) in [4.78, 5) is 25.2. The lowest BCUT2D eigenvalue weighted by molar-refractivity contribution is -0.138. The molecule has 0 aromatic heterocycles. The third-order valence-corrected chi connectivity index (χ3v) is 4.27. The maximum absolute atomic E-state index is 12.2. The minimum absolute atomic E-state index is 0.0213. The van der Waals surface area contributed by atoms with Gasteiger partial charge >= 0.3 is 0 Å². The molecule has 1 atom stereocenters. The Kier molecular flexibility index (Phi) is 4.85. The Labute approximate surface area is 117 Å². The Balaban J connectivity index is 1.93. The highest BCUT2D eigenvalue weighted by atomic mass is 32.2. The van der Waals surface area contributed by atoms with Crippen LogP contribution >= 0.6 is 11.8 Å². The Hall–Kier alpha value is -1.49. The van der Waals surface area contributed by atoms with Gasteiger partial charge < -0.3 is 10.6 Å². The molecule has 5 heteroatoms. The second-order valence-corrected chi connectivity index (χ2v) is 5.72. The summed E-state index contributed by atoms with van der Waals surface area (Å²) in [5, 5.41) is 0. The van der Waals surface area contributed by atoms with Gasteiger partial charge in [-0.05, 0) is 12.0 Å².